The minimum atomic E-state index is 0.198. The van der Waals surface area contributed by atoms with Crippen LogP contribution in [0.3, 0.4) is 0 Å². The summed E-state index contributed by atoms with van der Waals surface area (Å²) >= 11 is 0. The Morgan fingerprint density at radius 1 is 1.24 bits per heavy atom. The van der Waals surface area contributed by atoms with Crippen LogP contribution < -0.4 is 5.32 Å². The highest BCUT2D eigenvalue weighted by molar-refractivity contribution is 5.97. The predicted molar refractivity (Wildman–Crippen MR) is 70.2 cm³/mol. The molecule has 0 aliphatic heterocycles. The van der Waals surface area contributed by atoms with Gasteiger partial charge in [0.15, 0.2) is 5.78 Å². The van der Waals surface area contributed by atoms with E-state index in [1.807, 2.05) is 30.3 Å². The van der Waals surface area contributed by atoms with Crippen LogP contribution in [0.25, 0.3) is 0 Å². The molecule has 0 aromatic heterocycles. The van der Waals surface area contributed by atoms with Crippen LogP contribution in [0.15, 0.2) is 30.3 Å². The van der Waals surface area contributed by atoms with Crippen molar-refractivity contribution >= 4 is 5.78 Å². The molecule has 0 heterocycles. The van der Waals surface area contributed by atoms with Gasteiger partial charge in [0, 0.05) is 11.6 Å². The van der Waals surface area contributed by atoms with E-state index in [9.17, 15) is 4.79 Å². The summed E-state index contributed by atoms with van der Waals surface area (Å²) in [5.41, 5.74) is 0.809. The SMILES string of the molecule is C[C@@H]1CCCC[C@H]1NCC(=O)c1ccccc1. The van der Waals surface area contributed by atoms with Crippen LogP contribution in [-0.4, -0.2) is 18.4 Å². The number of hydrogen-bond donors (Lipinski definition) is 1. The highest BCUT2D eigenvalue weighted by atomic mass is 16.1. The molecule has 1 aromatic carbocycles. The average molecular weight is 231 g/mol. The fourth-order valence-electron chi connectivity index (χ4n) is 2.57. The molecule has 0 amide bonds. The average Bonchev–Trinajstić information content (AvgIpc) is 2.38. The maximum absolute atomic E-state index is 11.9. The topological polar surface area (TPSA) is 29.1 Å². The molecule has 0 bridgehead atoms. The smallest absolute Gasteiger partial charge is 0.176 e. The van der Waals surface area contributed by atoms with Crippen LogP contribution in [0, 0.1) is 5.92 Å². The molecule has 2 rings (SSSR count). The third-order valence-corrected chi connectivity index (χ3v) is 3.73. The molecule has 0 spiro atoms. The first-order valence-corrected chi connectivity index (χ1v) is 6.59. The summed E-state index contributed by atoms with van der Waals surface area (Å²) < 4.78 is 0. The van der Waals surface area contributed by atoms with Crippen molar-refractivity contribution < 1.29 is 4.79 Å². The quantitative estimate of drug-likeness (QED) is 0.807. The highest BCUT2D eigenvalue weighted by Crippen LogP contribution is 2.23. The second kappa shape index (κ2) is 5.97. The summed E-state index contributed by atoms with van der Waals surface area (Å²) in [5.74, 6) is 0.899. The Kier molecular flexibility index (Phi) is 4.32. The van der Waals surface area contributed by atoms with Crippen LogP contribution in [0.4, 0.5) is 0 Å². The zero-order valence-corrected chi connectivity index (χ0v) is 10.5. The van der Waals surface area contributed by atoms with Gasteiger partial charge in [-0.05, 0) is 18.8 Å². The molecule has 1 aromatic rings. The van der Waals surface area contributed by atoms with E-state index < -0.39 is 0 Å². The summed E-state index contributed by atoms with van der Waals surface area (Å²) in [5, 5.41) is 3.42. The number of Topliss-reactive ketones (excluding diaryl/α,β-unsaturated/α-hetero) is 1. The Morgan fingerprint density at radius 3 is 2.65 bits per heavy atom. The minimum Gasteiger partial charge on any atom is -0.307 e. The molecule has 17 heavy (non-hydrogen) atoms. The van der Waals surface area contributed by atoms with Crippen molar-refractivity contribution in [3.63, 3.8) is 0 Å². The number of hydrogen-bond acceptors (Lipinski definition) is 2. The van der Waals surface area contributed by atoms with Crippen molar-refractivity contribution in [3.05, 3.63) is 35.9 Å². The number of nitrogens with one attached hydrogen (secondary N) is 1. The third-order valence-electron chi connectivity index (χ3n) is 3.73. The van der Waals surface area contributed by atoms with Gasteiger partial charge in [-0.2, -0.15) is 0 Å². The fourth-order valence-corrected chi connectivity index (χ4v) is 2.57. The third kappa shape index (κ3) is 3.40. The van der Waals surface area contributed by atoms with Gasteiger partial charge in [0.2, 0.25) is 0 Å². The van der Waals surface area contributed by atoms with Crippen LogP contribution >= 0.6 is 0 Å². The number of ketones is 1. The summed E-state index contributed by atoms with van der Waals surface area (Å²) in [6.45, 7) is 2.75. The lowest BCUT2D eigenvalue weighted by Crippen LogP contribution is -2.40. The first kappa shape index (κ1) is 12.3. The molecular formula is C15H21NO. The summed E-state index contributed by atoms with van der Waals surface area (Å²) in [6.07, 6.45) is 5.13. The molecule has 2 nitrogen and oxygen atoms in total. The Hall–Kier alpha value is -1.15. The number of carbonyl (C=O) groups is 1. The van der Waals surface area contributed by atoms with E-state index in [2.05, 4.69) is 12.2 Å². The predicted octanol–water partition coefficient (Wildman–Crippen LogP) is 3.04. The van der Waals surface area contributed by atoms with Crippen molar-refractivity contribution in [2.24, 2.45) is 5.92 Å². The fraction of sp³-hybridized carbons (Fsp3) is 0.533. The van der Waals surface area contributed by atoms with Gasteiger partial charge in [-0.3, -0.25) is 4.79 Å². The maximum Gasteiger partial charge on any atom is 0.176 e. The standard InChI is InChI=1S/C15H21NO/c1-12-7-5-6-10-14(12)16-11-15(17)13-8-3-2-4-9-13/h2-4,8-9,12,14,16H,5-7,10-11H2,1H3/t12-,14-/m1/s1. The second-order valence-corrected chi connectivity index (χ2v) is 5.04. The zero-order chi connectivity index (χ0) is 12.1. The lowest BCUT2D eigenvalue weighted by molar-refractivity contribution is 0.0980. The van der Waals surface area contributed by atoms with E-state index in [1.54, 1.807) is 0 Å². The van der Waals surface area contributed by atoms with Crippen LogP contribution in [0.5, 0.6) is 0 Å². The van der Waals surface area contributed by atoms with Gasteiger partial charge in [-0.25, -0.2) is 0 Å². The van der Waals surface area contributed by atoms with Gasteiger partial charge in [0.1, 0.15) is 0 Å². The molecule has 0 unspecified atom stereocenters. The molecule has 1 aliphatic rings. The molecule has 92 valence electrons. The largest absolute Gasteiger partial charge is 0.307 e. The van der Waals surface area contributed by atoms with Crippen molar-refractivity contribution in [3.8, 4) is 0 Å². The maximum atomic E-state index is 11.9. The van der Waals surface area contributed by atoms with E-state index in [1.165, 1.54) is 25.7 Å². The van der Waals surface area contributed by atoms with Gasteiger partial charge in [0.25, 0.3) is 0 Å². The summed E-state index contributed by atoms with van der Waals surface area (Å²) in [6, 6.07) is 10.1. The van der Waals surface area contributed by atoms with Gasteiger partial charge >= 0.3 is 0 Å². The number of carbonyl (C=O) groups excluding carboxylic acids is 1. The van der Waals surface area contributed by atoms with E-state index in [0.29, 0.717) is 18.5 Å². The Balaban J connectivity index is 1.84. The van der Waals surface area contributed by atoms with Crippen molar-refractivity contribution in [1.82, 2.24) is 5.32 Å². The van der Waals surface area contributed by atoms with E-state index in [0.717, 1.165) is 5.56 Å². The molecule has 0 radical (unpaired) electrons. The second-order valence-electron chi connectivity index (χ2n) is 5.04. The van der Waals surface area contributed by atoms with Crippen molar-refractivity contribution in [2.45, 2.75) is 38.6 Å². The monoisotopic (exact) mass is 231 g/mol. The Bertz CT molecular complexity index is 360. The van der Waals surface area contributed by atoms with E-state index >= 15 is 0 Å². The Morgan fingerprint density at radius 2 is 1.94 bits per heavy atom. The lowest BCUT2D eigenvalue weighted by Gasteiger charge is -2.29. The molecule has 1 saturated carbocycles. The first-order chi connectivity index (χ1) is 8.27. The lowest BCUT2D eigenvalue weighted by atomic mass is 9.86. The Labute approximate surface area is 103 Å². The van der Waals surface area contributed by atoms with Crippen molar-refractivity contribution in [1.29, 1.82) is 0 Å². The van der Waals surface area contributed by atoms with Crippen LogP contribution in [-0.2, 0) is 0 Å². The number of rotatable bonds is 4. The molecule has 0 saturated heterocycles. The molecule has 2 heteroatoms. The van der Waals surface area contributed by atoms with Crippen LogP contribution in [0.1, 0.15) is 43.0 Å². The van der Waals surface area contributed by atoms with Gasteiger partial charge in [0.05, 0.1) is 6.54 Å². The van der Waals surface area contributed by atoms with Gasteiger partial charge < -0.3 is 5.32 Å². The highest BCUT2D eigenvalue weighted by Gasteiger charge is 2.21. The summed E-state index contributed by atoms with van der Waals surface area (Å²) in [7, 11) is 0. The molecule has 1 aliphatic carbocycles. The minimum absolute atomic E-state index is 0.198. The molecular weight excluding hydrogens is 210 g/mol. The van der Waals surface area contributed by atoms with Gasteiger partial charge in [-0.15, -0.1) is 0 Å². The van der Waals surface area contributed by atoms with Crippen molar-refractivity contribution in [2.75, 3.05) is 6.54 Å². The molecule has 2 atom stereocenters. The molecule has 1 fully saturated rings. The van der Waals surface area contributed by atoms with Gasteiger partial charge in [-0.1, -0.05) is 50.1 Å². The van der Waals surface area contributed by atoms with E-state index in [-0.39, 0.29) is 5.78 Å². The number of benzene rings is 1. The van der Waals surface area contributed by atoms with Crippen LogP contribution in [0.2, 0.25) is 0 Å². The van der Waals surface area contributed by atoms with E-state index in [4.69, 9.17) is 0 Å². The first-order valence-electron chi connectivity index (χ1n) is 6.59. The summed E-state index contributed by atoms with van der Waals surface area (Å²) in [4.78, 5) is 11.9. The zero-order valence-electron chi connectivity index (χ0n) is 10.5. The normalized spacial score (nSPS) is 24.5. The molecule has 1 N–H and O–H groups in total.